The minimum atomic E-state index is -0.633. The summed E-state index contributed by atoms with van der Waals surface area (Å²) in [6.45, 7) is 1.92. The Balaban J connectivity index is 1.56. The van der Waals surface area contributed by atoms with Crippen molar-refractivity contribution in [2.24, 2.45) is 0 Å². The summed E-state index contributed by atoms with van der Waals surface area (Å²) in [4.78, 5) is 29.0. The molecule has 124 valence electrons. The van der Waals surface area contributed by atoms with Gasteiger partial charge in [0.1, 0.15) is 11.7 Å². The fourth-order valence-electron chi connectivity index (χ4n) is 2.17. The lowest BCUT2D eigenvalue weighted by atomic mass is 10.3. The lowest BCUT2D eigenvalue weighted by Gasteiger charge is -2.12. The van der Waals surface area contributed by atoms with Crippen molar-refractivity contribution in [1.82, 2.24) is 20.0 Å². The molecular formula is C16H15ClN4O2S. The maximum atomic E-state index is 12.1. The minimum absolute atomic E-state index is 0.255. The van der Waals surface area contributed by atoms with Crippen LogP contribution >= 0.6 is 22.9 Å². The van der Waals surface area contributed by atoms with E-state index in [-0.39, 0.29) is 18.4 Å². The van der Waals surface area contributed by atoms with Gasteiger partial charge in [-0.05, 0) is 30.5 Å². The number of rotatable bonds is 5. The summed E-state index contributed by atoms with van der Waals surface area (Å²) in [5.41, 5.74) is 1.46. The van der Waals surface area contributed by atoms with Crippen LogP contribution in [0, 0.1) is 0 Å². The Morgan fingerprint density at radius 3 is 2.92 bits per heavy atom. The maximum Gasteiger partial charge on any atom is 0.261 e. The SMILES string of the molecule is CC(NC(=O)c1cccs1)C(=O)NCc1cn2cc(Cl)ccc2n1. The molecule has 1 unspecified atom stereocenters. The number of carbonyl (C=O) groups excluding carboxylic acids is 2. The summed E-state index contributed by atoms with van der Waals surface area (Å²) in [7, 11) is 0. The van der Waals surface area contributed by atoms with Crippen LogP contribution in [0.5, 0.6) is 0 Å². The van der Waals surface area contributed by atoms with Crippen LogP contribution in [-0.2, 0) is 11.3 Å². The molecule has 0 bridgehead atoms. The summed E-state index contributed by atoms with van der Waals surface area (Å²) < 4.78 is 1.80. The van der Waals surface area contributed by atoms with Crippen molar-refractivity contribution < 1.29 is 9.59 Å². The number of imidazole rings is 1. The molecule has 2 N–H and O–H groups in total. The highest BCUT2D eigenvalue weighted by molar-refractivity contribution is 7.12. The molecule has 8 heteroatoms. The normalized spacial score (nSPS) is 12.1. The predicted molar refractivity (Wildman–Crippen MR) is 93.3 cm³/mol. The molecule has 3 rings (SSSR count). The van der Waals surface area contributed by atoms with Gasteiger partial charge in [-0.15, -0.1) is 11.3 Å². The van der Waals surface area contributed by atoms with Gasteiger partial charge in [0.2, 0.25) is 5.91 Å². The average molecular weight is 363 g/mol. The highest BCUT2D eigenvalue weighted by Crippen LogP contribution is 2.12. The number of hydrogen-bond donors (Lipinski definition) is 2. The van der Waals surface area contributed by atoms with E-state index in [1.165, 1.54) is 11.3 Å². The number of thiophene rings is 1. The predicted octanol–water partition coefficient (Wildman–Crippen LogP) is 2.48. The molecule has 0 aliphatic rings. The number of halogens is 1. The van der Waals surface area contributed by atoms with E-state index in [9.17, 15) is 9.59 Å². The Kier molecular flexibility index (Phi) is 4.82. The molecule has 2 amide bonds. The average Bonchev–Trinajstić information content (AvgIpc) is 3.21. The van der Waals surface area contributed by atoms with Gasteiger partial charge < -0.3 is 15.0 Å². The van der Waals surface area contributed by atoms with E-state index >= 15 is 0 Å². The van der Waals surface area contributed by atoms with Gasteiger partial charge in [-0.25, -0.2) is 4.98 Å². The number of fused-ring (bicyclic) bond motifs is 1. The molecular weight excluding hydrogens is 348 g/mol. The molecule has 0 aliphatic heterocycles. The Morgan fingerprint density at radius 1 is 1.33 bits per heavy atom. The van der Waals surface area contributed by atoms with Gasteiger partial charge >= 0.3 is 0 Å². The van der Waals surface area contributed by atoms with Crippen molar-refractivity contribution in [2.45, 2.75) is 19.5 Å². The fourth-order valence-corrected chi connectivity index (χ4v) is 2.97. The van der Waals surface area contributed by atoms with Gasteiger partial charge in [0.05, 0.1) is 22.1 Å². The number of hydrogen-bond acceptors (Lipinski definition) is 4. The first-order chi connectivity index (χ1) is 11.5. The van der Waals surface area contributed by atoms with Crippen LogP contribution in [0.25, 0.3) is 5.65 Å². The lowest BCUT2D eigenvalue weighted by molar-refractivity contribution is -0.122. The number of nitrogens with zero attached hydrogens (tertiary/aromatic N) is 2. The number of aromatic nitrogens is 2. The van der Waals surface area contributed by atoms with Crippen LogP contribution in [0.3, 0.4) is 0 Å². The Bertz CT molecular complexity index is 875. The van der Waals surface area contributed by atoms with E-state index in [4.69, 9.17) is 11.6 Å². The third-order valence-corrected chi connectivity index (χ3v) is 4.49. The molecule has 3 aromatic heterocycles. The van der Waals surface area contributed by atoms with E-state index in [1.807, 2.05) is 5.38 Å². The van der Waals surface area contributed by atoms with Crippen LogP contribution in [0.2, 0.25) is 5.02 Å². The quantitative estimate of drug-likeness (QED) is 0.732. The Hall–Kier alpha value is -2.38. The number of amides is 2. The molecule has 0 aliphatic carbocycles. The van der Waals surface area contributed by atoms with Crippen molar-refractivity contribution in [2.75, 3.05) is 0 Å². The molecule has 0 aromatic carbocycles. The van der Waals surface area contributed by atoms with Gasteiger partial charge in [0, 0.05) is 12.4 Å². The van der Waals surface area contributed by atoms with Gasteiger partial charge in [-0.1, -0.05) is 17.7 Å². The zero-order valence-corrected chi connectivity index (χ0v) is 14.4. The molecule has 0 saturated carbocycles. The third-order valence-electron chi connectivity index (χ3n) is 3.39. The third kappa shape index (κ3) is 3.74. The fraction of sp³-hybridized carbons (Fsp3) is 0.188. The van der Waals surface area contributed by atoms with E-state index in [0.29, 0.717) is 15.6 Å². The summed E-state index contributed by atoms with van der Waals surface area (Å²) in [5.74, 6) is -0.523. The standard InChI is InChI=1S/C16H15ClN4O2S/c1-10(19-16(23)13-3-2-6-24-13)15(22)18-7-12-9-21-8-11(17)4-5-14(21)20-12/h2-6,8-10H,7H2,1H3,(H,18,22)(H,19,23). The molecule has 24 heavy (non-hydrogen) atoms. The molecule has 1 atom stereocenters. The Labute approximate surface area is 147 Å². The first kappa shape index (κ1) is 16.5. The second-order valence-corrected chi connectivity index (χ2v) is 6.62. The second kappa shape index (κ2) is 7.02. The van der Waals surface area contributed by atoms with Crippen LogP contribution in [0.4, 0.5) is 0 Å². The first-order valence-electron chi connectivity index (χ1n) is 7.28. The largest absolute Gasteiger partial charge is 0.349 e. The summed E-state index contributed by atoms with van der Waals surface area (Å²) >= 11 is 7.26. The van der Waals surface area contributed by atoms with Crippen LogP contribution in [0.15, 0.2) is 42.0 Å². The smallest absolute Gasteiger partial charge is 0.261 e. The Morgan fingerprint density at radius 2 is 2.17 bits per heavy atom. The molecule has 0 fully saturated rings. The van der Waals surface area contributed by atoms with Gasteiger partial charge in [-0.2, -0.15) is 0 Å². The van der Waals surface area contributed by atoms with Crippen molar-refractivity contribution >= 4 is 40.4 Å². The molecule has 3 aromatic rings. The van der Waals surface area contributed by atoms with Crippen LogP contribution in [0.1, 0.15) is 22.3 Å². The van der Waals surface area contributed by atoms with Crippen molar-refractivity contribution in [3.8, 4) is 0 Å². The van der Waals surface area contributed by atoms with Gasteiger partial charge in [0.15, 0.2) is 0 Å². The maximum absolute atomic E-state index is 12.1. The lowest BCUT2D eigenvalue weighted by Crippen LogP contribution is -2.44. The van der Waals surface area contributed by atoms with E-state index in [1.54, 1.807) is 48.0 Å². The summed E-state index contributed by atoms with van der Waals surface area (Å²) in [6, 6.07) is 6.43. The zero-order valence-electron chi connectivity index (χ0n) is 12.8. The molecule has 0 radical (unpaired) electrons. The highest BCUT2D eigenvalue weighted by atomic mass is 35.5. The summed E-state index contributed by atoms with van der Waals surface area (Å²) in [5, 5.41) is 7.86. The summed E-state index contributed by atoms with van der Waals surface area (Å²) in [6.07, 6.45) is 3.55. The van der Waals surface area contributed by atoms with Crippen molar-refractivity contribution in [1.29, 1.82) is 0 Å². The highest BCUT2D eigenvalue weighted by Gasteiger charge is 2.17. The zero-order chi connectivity index (χ0) is 17.1. The molecule has 6 nitrogen and oxygen atoms in total. The van der Waals surface area contributed by atoms with Crippen LogP contribution in [-0.4, -0.2) is 27.2 Å². The van der Waals surface area contributed by atoms with Crippen molar-refractivity contribution in [3.05, 3.63) is 57.6 Å². The van der Waals surface area contributed by atoms with Gasteiger partial charge in [-0.3, -0.25) is 9.59 Å². The topological polar surface area (TPSA) is 75.5 Å². The van der Waals surface area contributed by atoms with Gasteiger partial charge in [0.25, 0.3) is 5.91 Å². The van der Waals surface area contributed by atoms with E-state index in [2.05, 4.69) is 15.6 Å². The van der Waals surface area contributed by atoms with Crippen LogP contribution < -0.4 is 10.6 Å². The molecule has 3 heterocycles. The number of nitrogens with one attached hydrogen (secondary N) is 2. The van der Waals surface area contributed by atoms with E-state index < -0.39 is 6.04 Å². The van der Waals surface area contributed by atoms with Crippen molar-refractivity contribution in [3.63, 3.8) is 0 Å². The number of carbonyl (C=O) groups is 2. The minimum Gasteiger partial charge on any atom is -0.349 e. The monoisotopic (exact) mass is 362 g/mol. The van der Waals surface area contributed by atoms with E-state index in [0.717, 1.165) is 5.65 Å². The molecule has 0 saturated heterocycles. The second-order valence-electron chi connectivity index (χ2n) is 5.24. The molecule has 0 spiro atoms. The number of pyridine rings is 1. The first-order valence-corrected chi connectivity index (χ1v) is 8.54.